The van der Waals surface area contributed by atoms with E-state index in [1.807, 2.05) is 0 Å². The predicted molar refractivity (Wildman–Crippen MR) is 74.3 cm³/mol. The minimum absolute atomic E-state index is 0.163. The summed E-state index contributed by atoms with van der Waals surface area (Å²) >= 11 is 0. The van der Waals surface area contributed by atoms with E-state index in [0.29, 0.717) is 11.8 Å². The van der Waals surface area contributed by atoms with Crippen LogP contribution in [0.5, 0.6) is 0 Å². The molecule has 3 heteroatoms. The third-order valence-corrected chi connectivity index (χ3v) is 6.83. The number of hydrogen-bond acceptors (Lipinski definition) is 2. The smallest absolute Gasteiger partial charge is 0.0524 e. The van der Waals surface area contributed by atoms with Crippen LogP contribution in [0.2, 0.25) is 0 Å². The second kappa shape index (κ2) is 5.83. The van der Waals surface area contributed by atoms with Crippen molar-refractivity contribution in [2.75, 3.05) is 5.75 Å². The van der Waals surface area contributed by atoms with E-state index in [1.165, 1.54) is 32.1 Å². The van der Waals surface area contributed by atoms with Crippen molar-refractivity contribution in [1.82, 2.24) is 0 Å². The highest BCUT2D eigenvalue weighted by Crippen LogP contribution is 2.33. The van der Waals surface area contributed by atoms with Crippen molar-refractivity contribution < 1.29 is 4.21 Å². The largest absolute Gasteiger partial charge is 0.327 e. The summed E-state index contributed by atoms with van der Waals surface area (Å²) in [6, 6.07) is 0.163. The van der Waals surface area contributed by atoms with Gasteiger partial charge in [0.2, 0.25) is 0 Å². The summed E-state index contributed by atoms with van der Waals surface area (Å²) in [6.07, 6.45) is 7.52. The molecule has 2 aliphatic rings. The van der Waals surface area contributed by atoms with Crippen LogP contribution < -0.4 is 5.73 Å². The first-order valence-electron chi connectivity index (χ1n) is 7.20. The van der Waals surface area contributed by atoms with Crippen molar-refractivity contribution in [3.05, 3.63) is 0 Å². The highest BCUT2D eigenvalue weighted by Gasteiger charge is 2.36. The lowest BCUT2D eigenvalue weighted by atomic mass is 9.80. The highest BCUT2D eigenvalue weighted by molar-refractivity contribution is 7.85. The molecule has 2 fully saturated rings. The summed E-state index contributed by atoms with van der Waals surface area (Å²) in [5, 5.41) is 0.256. The second-order valence-electron chi connectivity index (χ2n) is 6.38. The zero-order valence-electron chi connectivity index (χ0n) is 11.2. The molecule has 5 atom stereocenters. The van der Waals surface area contributed by atoms with Gasteiger partial charge in [0.05, 0.1) is 5.25 Å². The molecule has 0 heterocycles. The van der Waals surface area contributed by atoms with E-state index in [2.05, 4.69) is 13.8 Å². The van der Waals surface area contributed by atoms with E-state index < -0.39 is 10.8 Å². The van der Waals surface area contributed by atoms with Crippen LogP contribution >= 0.6 is 0 Å². The van der Waals surface area contributed by atoms with Gasteiger partial charge >= 0.3 is 0 Å². The van der Waals surface area contributed by atoms with Crippen LogP contribution in [0.4, 0.5) is 0 Å². The molecular weight excluding hydrogens is 230 g/mol. The lowest BCUT2D eigenvalue weighted by Crippen LogP contribution is -2.48. The summed E-state index contributed by atoms with van der Waals surface area (Å²) in [7, 11) is -0.696. The Morgan fingerprint density at radius 2 is 1.82 bits per heavy atom. The van der Waals surface area contributed by atoms with Crippen LogP contribution in [0.15, 0.2) is 0 Å². The molecule has 17 heavy (non-hydrogen) atoms. The van der Waals surface area contributed by atoms with Gasteiger partial charge in [-0.05, 0) is 43.4 Å². The Morgan fingerprint density at radius 3 is 2.41 bits per heavy atom. The van der Waals surface area contributed by atoms with Gasteiger partial charge in [-0.2, -0.15) is 0 Å². The van der Waals surface area contributed by atoms with Crippen molar-refractivity contribution in [2.45, 2.75) is 63.7 Å². The molecule has 100 valence electrons. The summed E-state index contributed by atoms with van der Waals surface area (Å²) < 4.78 is 12.5. The molecule has 0 bridgehead atoms. The van der Waals surface area contributed by atoms with Crippen LogP contribution in [0.25, 0.3) is 0 Å². The molecule has 0 spiro atoms. The Balaban J connectivity index is 1.92. The molecule has 0 saturated heterocycles. The quantitative estimate of drug-likeness (QED) is 0.844. The fourth-order valence-electron chi connectivity index (χ4n) is 3.86. The molecule has 2 aliphatic carbocycles. The minimum atomic E-state index is -0.696. The molecule has 2 saturated carbocycles. The first-order chi connectivity index (χ1) is 8.08. The van der Waals surface area contributed by atoms with E-state index in [0.717, 1.165) is 18.1 Å². The fraction of sp³-hybridized carbons (Fsp3) is 1.00. The molecular formula is C14H27NOS. The second-order valence-corrected chi connectivity index (χ2v) is 8.02. The standard InChI is InChI=1S/C14H27NOS/c1-10-7-11(2)14(13(15)8-10)17(16)9-12-5-3-4-6-12/h10-14H,3-9,15H2,1-2H3. The Morgan fingerprint density at radius 1 is 1.18 bits per heavy atom. The minimum Gasteiger partial charge on any atom is -0.327 e. The van der Waals surface area contributed by atoms with Crippen LogP contribution in [-0.4, -0.2) is 21.3 Å². The van der Waals surface area contributed by atoms with Crippen LogP contribution in [-0.2, 0) is 10.8 Å². The summed E-state index contributed by atoms with van der Waals surface area (Å²) in [5.41, 5.74) is 6.24. The highest BCUT2D eigenvalue weighted by atomic mass is 32.2. The Labute approximate surface area is 108 Å². The molecule has 5 unspecified atom stereocenters. The average molecular weight is 257 g/mol. The summed E-state index contributed by atoms with van der Waals surface area (Å²) in [4.78, 5) is 0. The van der Waals surface area contributed by atoms with Gasteiger partial charge < -0.3 is 5.73 Å². The molecule has 0 amide bonds. The Kier molecular flexibility index (Phi) is 4.65. The maximum Gasteiger partial charge on any atom is 0.0524 e. The van der Waals surface area contributed by atoms with Crippen molar-refractivity contribution in [2.24, 2.45) is 23.5 Å². The zero-order valence-corrected chi connectivity index (χ0v) is 12.0. The third kappa shape index (κ3) is 3.31. The summed E-state index contributed by atoms with van der Waals surface area (Å²) in [6.45, 7) is 4.51. The van der Waals surface area contributed by atoms with E-state index in [-0.39, 0.29) is 11.3 Å². The van der Waals surface area contributed by atoms with Crippen LogP contribution in [0.1, 0.15) is 52.4 Å². The zero-order chi connectivity index (χ0) is 12.4. The Bertz CT molecular complexity index is 263. The molecule has 0 aromatic heterocycles. The first kappa shape index (κ1) is 13.5. The average Bonchev–Trinajstić information content (AvgIpc) is 2.68. The summed E-state index contributed by atoms with van der Waals surface area (Å²) in [5.74, 6) is 2.88. The van der Waals surface area contributed by atoms with Gasteiger partial charge in [0.15, 0.2) is 0 Å². The third-order valence-electron chi connectivity index (χ3n) is 4.61. The lowest BCUT2D eigenvalue weighted by Gasteiger charge is -2.37. The topological polar surface area (TPSA) is 43.1 Å². The maximum absolute atomic E-state index is 12.5. The van der Waals surface area contributed by atoms with Gasteiger partial charge in [-0.1, -0.05) is 26.7 Å². The van der Waals surface area contributed by atoms with Gasteiger partial charge in [-0.3, -0.25) is 4.21 Å². The van der Waals surface area contributed by atoms with Crippen molar-refractivity contribution >= 4 is 10.8 Å². The van der Waals surface area contributed by atoms with Crippen LogP contribution in [0, 0.1) is 17.8 Å². The monoisotopic (exact) mass is 257 g/mol. The first-order valence-corrected chi connectivity index (χ1v) is 8.59. The SMILES string of the molecule is CC1CC(C)C(S(=O)CC2CCCC2)C(N)C1. The maximum atomic E-state index is 12.5. The van der Waals surface area contributed by atoms with Gasteiger partial charge in [0.25, 0.3) is 0 Å². The van der Waals surface area contributed by atoms with E-state index in [9.17, 15) is 4.21 Å². The van der Waals surface area contributed by atoms with E-state index in [4.69, 9.17) is 5.73 Å². The number of rotatable bonds is 3. The molecule has 2 rings (SSSR count). The fourth-order valence-corrected chi connectivity index (χ4v) is 6.01. The van der Waals surface area contributed by atoms with E-state index >= 15 is 0 Å². The van der Waals surface area contributed by atoms with Gasteiger partial charge in [0.1, 0.15) is 0 Å². The predicted octanol–water partition coefficient (Wildman–Crippen LogP) is 2.69. The molecule has 0 aliphatic heterocycles. The van der Waals surface area contributed by atoms with E-state index in [1.54, 1.807) is 0 Å². The van der Waals surface area contributed by atoms with Crippen molar-refractivity contribution in [1.29, 1.82) is 0 Å². The van der Waals surface area contributed by atoms with Crippen molar-refractivity contribution in [3.63, 3.8) is 0 Å². The van der Waals surface area contributed by atoms with Crippen LogP contribution in [0.3, 0.4) is 0 Å². The molecule has 2 N–H and O–H groups in total. The van der Waals surface area contributed by atoms with Crippen molar-refractivity contribution in [3.8, 4) is 0 Å². The van der Waals surface area contributed by atoms with Gasteiger partial charge in [-0.15, -0.1) is 0 Å². The normalized spacial score (nSPS) is 41.6. The van der Waals surface area contributed by atoms with Gasteiger partial charge in [-0.25, -0.2) is 0 Å². The molecule has 2 nitrogen and oxygen atoms in total. The van der Waals surface area contributed by atoms with Gasteiger partial charge in [0, 0.05) is 22.6 Å². The lowest BCUT2D eigenvalue weighted by molar-refractivity contribution is 0.275. The molecule has 0 aromatic carbocycles. The Hall–Kier alpha value is 0.110. The molecule has 0 radical (unpaired) electrons. The molecule has 0 aromatic rings. The number of hydrogen-bond donors (Lipinski definition) is 1. The number of nitrogens with two attached hydrogens (primary N) is 1.